The Morgan fingerprint density at radius 1 is 1.41 bits per heavy atom. The first-order chi connectivity index (χ1) is 8.29. The third-order valence-corrected chi connectivity index (χ3v) is 2.36. The number of rotatable bonds is 4. The fraction of sp³-hybridized carbons (Fsp3) is 0.167. The van der Waals surface area contributed by atoms with Gasteiger partial charge >= 0.3 is 0 Å². The van der Waals surface area contributed by atoms with Crippen molar-refractivity contribution in [1.82, 2.24) is 9.78 Å². The standard InChI is InChI=1S/C12H13N5/c13-7-10-3-1-2-4-12(10)15-5-6-17-9-11(14)8-16-17/h1-4,8-9,15H,5-6,14H2. The van der Waals surface area contributed by atoms with Crippen LogP contribution in [0.1, 0.15) is 5.56 Å². The molecule has 17 heavy (non-hydrogen) atoms. The van der Waals surface area contributed by atoms with Crippen LogP contribution in [0.3, 0.4) is 0 Å². The number of anilines is 2. The van der Waals surface area contributed by atoms with E-state index in [-0.39, 0.29) is 0 Å². The summed E-state index contributed by atoms with van der Waals surface area (Å²) in [6.07, 6.45) is 3.39. The van der Waals surface area contributed by atoms with E-state index in [0.717, 1.165) is 5.69 Å². The van der Waals surface area contributed by atoms with Crippen LogP contribution in [0.15, 0.2) is 36.7 Å². The Labute approximate surface area is 99.5 Å². The molecule has 1 aromatic heterocycles. The molecular weight excluding hydrogens is 214 g/mol. The van der Waals surface area contributed by atoms with Gasteiger partial charge in [-0.05, 0) is 12.1 Å². The Morgan fingerprint density at radius 3 is 2.94 bits per heavy atom. The second kappa shape index (κ2) is 5.03. The predicted octanol–water partition coefficient (Wildman–Crippen LogP) is 1.45. The molecule has 0 aliphatic carbocycles. The summed E-state index contributed by atoms with van der Waals surface area (Å²) in [7, 11) is 0. The van der Waals surface area contributed by atoms with Crippen LogP contribution in [0.5, 0.6) is 0 Å². The maximum atomic E-state index is 8.91. The number of nitrogen functional groups attached to an aromatic ring is 1. The number of hydrogen-bond donors (Lipinski definition) is 2. The minimum absolute atomic E-state index is 0.646. The van der Waals surface area contributed by atoms with E-state index >= 15 is 0 Å². The number of nitrogens with one attached hydrogen (secondary N) is 1. The molecule has 0 unspecified atom stereocenters. The van der Waals surface area contributed by atoms with Crippen LogP contribution in [-0.4, -0.2) is 16.3 Å². The lowest BCUT2D eigenvalue weighted by Crippen LogP contribution is -2.11. The molecule has 0 saturated carbocycles. The Bertz CT molecular complexity index is 538. The summed E-state index contributed by atoms with van der Waals surface area (Å²) in [6, 6.07) is 9.56. The van der Waals surface area contributed by atoms with Crippen molar-refractivity contribution in [1.29, 1.82) is 5.26 Å². The van der Waals surface area contributed by atoms with Crippen LogP contribution in [0.4, 0.5) is 11.4 Å². The second-order valence-corrected chi connectivity index (χ2v) is 3.62. The van der Waals surface area contributed by atoms with Crippen LogP contribution in [-0.2, 0) is 6.54 Å². The molecule has 2 aromatic rings. The maximum Gasteiger partial charge on any atom is 0.101 e. The zero-order chi connectivity index (χ0) is 12.1. The highest BCUT2D eigenvalue weighted by molar-refractivity contribution is 5.56. The van der Waals surface area contributed by atoms with Crippen LogP contribution in [0.2, 0.25) is 0 Å². The van der Waals surface area contributed by atoms with Crippen molar-refractivity contribution >= 4 is 11.4 Å². The molecule has 1 heterocycles. The lowest BCUT2D eigenvalue weighted by molar-refractivity contribution is 0.638. The molecule has 0 amide bonds. The Kier molecular flexibility index (Phi) is 3.26. The Balaban J connectivity index is 1.92. The summed E-state index contributed by atoms with van der Waals surface area (Å²) in [4.78, 5) is 0. The van der Waals surface area contributed by atoms with Crippen LogP contribution in [0.25, 0.3) is 0 Å². The van der Waals surface area contributed by atoms with E-state index in [0.29, 0.717) is 24.3 Å². The summed E-state index contributed by atoms with van der Waals surface area (Å²) < 4.78 is 1.76. The topological polar surface area (TPSA) is 79.7 Å². The predicted molar refractivity (Wildman–Crippen MR) is 66.3 cm³/mol. The van der Waals surface area contributed by atoms with Gasteiger partial charge in [-0.3, -0.25) is 4.68 Å². The molecule has 0 radical (unpaired) electrons. The van der Waals surface area contributed by atoms with Crippen LogP contribution in [0, 0.1) is 11.3 Å². The molecule has 5 heteroatoms. The second-order valence-electron chi connectivity index (χ2n) is 3.62. The van der Waals surface area contributed by atoms with Gasteiger partial charge in [0, 0.05) is 12.7 Å². The fourth-order valence-corrected chi connectivity index (χ4v) is 1.54. The monoisotopic (exact) mass is 227 g/mol. The molecule has 0 aliphatic rings. The highest BCUT2D eigenvalue weighted by Gasteiger charge is 1.99. The number of hydrogen-bond acceptors (Lipinski definition) is 4. The third kappa shape index (κ3) is 2.75. The van der Waals surface area contributed by atoms with Crippen molar-refractivity contribution in [2.45, 2.75) is 6.54 Å². The van der Waals surface area contributed by atoms with E-state index in [9.17, 15) is 0 Å². The van der Waals surface area contributed by atoms with Crippen molar-refractivity contribution in [3.63, 3.8) is 0 Å². The number of nitrogens with zero attached hydrogens (tertiary/aromatic N) is 3. The first-order valence-electron chi connectivity index (χ1n) is 5.30. The van der Waals surface area contributed by atoms with Crippen LogP contribution >= 0.6 is 0 Å². The Morgan fingerprint density at radius 2 is 2.24 bits per heavy atom. The molecule has 86 valence electrons. The molecule has 0 fully saturated rings. The van der Waals surface area contributed by atoms with E-state index in [1.165, 1.54) is 0 Å². The molecular formula is C12H13N5. The quantitative estimate of drug-likeness (QED) is 0.828. The van der Waals surface area contributed by atoms with Gasteiger partial charge in [-0.2, -0.15) is 10.4 Å². The zero-order valence-electron chi connectivity index (χ0n) is 9.30. The van der Waals surface area contributed by atoms with Crippen molar-refractivity contribution in [2.24, 2.45) is 0 Å². The van der Waals surface area contributed by atoms with Gasteiger partial charge in [-0.1, -0.05) is 12.1 Å². The van der Waals surface area contributed by atoms with Gasteiger partial charge in [0.25, 0.3) is 0 Å². The van der Waals surface area contributed by atoms with E-state index < -0.39 is 0 Å². The molecule has 3 N–H and O–H groups in total. The van der Waals surface area contributed by atoms with E-state index in [1.807, 2.05) is 18.2 Å². The molecule has 0 spiro atoms. The number of nitriles is 1. The lowest BCUT2D eigenvalue weighted by Gasteiger charge is -2.07. The molecule has 1 aromatic carbocycles. The lowest BCUT2D eigenvalue weighted by atomic mass is 10.2. The van der Waals surface area contributed by atoms with Gasteiger partial charge in [0.1, 0.15) is 6.07 Å². The third-order valence-electron chi connectivity index (χ3n) is 2.36. The Hall–Kier alpha value is -2.48. The molecule has 2 rings (SSSR count). The minimum atomic E-state index is 0.646. The van der Waals surface area contributed by atoms with E-state index in [1.54, 1.807) is 23.1 Å². The number of aromatic nitrogens is 2. The van der Waals surface area contributed by atoms with Gasteiger partial charge in [-0.25, -0.2) is 0 Å². The molecule has 5 nitrogen and oxygen atoms in total. The number of para-hydroxylation sites is 1. The first kappa shape index (κ1) is 11.0. The van der Waals surface area contributed by atoms with E-state index in [2.05, 4.69) is 16.5 Å². The molecule has 0 saturated heterocycles. The highest BCUT2D eigenvalue weighted by Crippen LogP contribution is 2.12. The molecule has 0 bridgehead atoms. The van der Waals surface area contributed by atoms with Gasteiger partial charge in [0.2, 0.25) is 0 Å². The maximum absolute atomic E-state index is 8.91. The smallest absolute Gasteiger partial charge is 0.101 e. The number of nitrogens with two attached hydrogens (primary N) is 1. The number of benzene rings is 1. The average Bonchev–Trinajstić information content (AvgIpc) is 2.76. The van der Waals surface area contributed by atoms with Gasteiger partial charge in [-0.15, -0.1) is 0 Å². The van der Waals surface area contributed by atoms with Crippen molar-refractivity contribution < 1.29 is 0 Å². The summed E-state index contributed by atoms with van der Waals surface area (Å²) in [5, 5.41) is 16.2. The van der Waals surface area contributed by atoms with Crippen molar-refractivity contribution in [3.8, 4) is 6.07 Å². The normalized spacial score (nSPS) is 9.82. The largest absolute Gasteiger partial charge is 0.396 e. The molecule has 0 atom stereocenters. The van der Waals surface area contributed by atoms with Crippen molar-refractivity contribution in [3.05, 3.63) is 42.2 Å². The summed E-state index contributed by atoms with van der Waals surface area (Å²) in [5.74, 6) is 0. The summed E-state index contributed by atoms with van der Waals surface area (Å²) in [5.41, 5.74) is 7.70. The van der Waals surface area contributed by atoms with Gasteiger partial charge in [0.15, 0.2) is 0 Å². The molecule has 0 aliphatic heterocycles. The summed E-state index contributed by atoms with van der Waals surface area (Å²) in [6.45, 7) is 1.40. The summed E-state index contributed by atoms with van der Waals surface area (Å²) >= 11 is 0. The SMILES string of the molecule is N#Cc1ccccc1NCCn1cc(N)cn1. The highest BCUT2D eigenvalue weighted by atomic mass is 15.3. The van der Waals surface area contributed by atoms with Crippen molar-refractivity contribution in [2.75, 3.05) is 17.6 Å². The van der Waals surface area contributed by atoms with Gasteiger partial charge < -0.3 is 11.1 Å². The first-order valence-corrected chi connectivity index (χ1v) is 5.30. The minimum Gasteiger partial charge on any atom is -0.396 e. The fourth-order valence-electron chi connectivity index (χ4n) is 1.54. The van der Waals surface area contributed by atoms with Crippen LogP contribution < -0.4 is 11.1 Å². The van der Waals surface area contributed by atoms with Gasteiger partial charge in [0.05, 0.1) is 29.7 Å². The van der Waals surface area contributed by atoms with E-state index in [4.69, 9.17) is 11.0 Å². The zero-order valence-corrected chi connectivity index (χ0v) is 9.30. The average molecular weight is 227 g/mol.